The van der Waals surface area contributed by atoms with Gasteiger partial charge in [-0.2, -0.15) is 0 Å². The molecule has 0 radical (unpaired) electrons. The van der Waals surface area contributed by atoms with Gasteiger partial charge >= 0.3 is 5.97 Å². The quantitative estimate of drug-likeness (QED) is 0.306. The van der Waals surface area contributed by atoms with Crippen LogP contribution in [0.2, 0.25) is 0 Å². The van der Waals surface area contributed by atoms with Gasteiger partial charge in [0, 0.05) is 20.3 Å². The standard InChI is InChI=1S/C15H21N5O4/c1-4-5-10(15(23)24)6-7-18-11(21)8-20-9-19-13(16-2)12(20)14(22)17-3/h4-7,9,11,16,21H,8H2,1-3H3,(H,17,22)(H,23,24)/b5-4-,10-6+,18-7?. The monoisotopic (exact) mass is 335 g/mol. The Morgan fingerprint density at radius 1 is 1.46 bits per heavy atom. The molecule has 1 aromatic heterocycles. The number of aromatic nitrogens is 2. The molecule has 24 heavy (non-hydrogen) atoms. The van der Waals surface area contributed by atoms with Crippen LogP contribution in [0.3, 0.4) is 0 Å². The SMILES string of the molecule is C/C=C\C(=C/C=NC(O)Cn1cnc(NC)c1C(=O)NC)C(=O)O. The summed E-state index contributed by atoms with van der Waals surface area (Å²) in [5.41, 5.74) is 0.310. The number of hydrogen-bond acceptors (Lipinski definition) is 6. The van der Waals surface area contributed by atoms with E-state index < -0.39 is 12.2 Å². The Morgan fingerprint density at radius 2 is 2.17 bits per heavy atom. The zero-order valence-corrected chi connectivity index (χ0v) is 13.7. The maximum absolute atomic E-state index is 11.9. The number of hydrogen-bond donors (Lipinski definition) is 4. The highest BCUT2D eigenvalue weighted by atomic mass is 16.4. The third-order valence-electron chi connectivity index (χ3n) is 2.98. The molecule has 9 heteroatoms. The Morgan fingerprint density at radius 3 is 2.71 bits per heavy atom. The second-order valence-electron chi connectivity index (χ2n) is 4.63. The number of rotatable bonds is 8. The number of anilines is 1. The summed E-state index contributed by atoms with van der Waals surface area (Å²) < 4.78 is 1.46. The van der Waals surface area contributed by atoms with Gasteiger partial charge in [0.2, 0.25) is 0 Å². The van der Waals surface area contributed by atoms with Crippen LogP contribution in [-0.4, -0.2) is 58.2 Å². The van der Waals surface area contributed by atoms with Crippen LogP contribution < -0.4 is 10.6 Å². The first kappa shape index (κ1) is 19.1. The van der Waals surface area contributed by atoms with E-state index >= 15 is 0 Å². The topological polar surface area (TPSA) is 129 Å². The summed E-state index contributed by atoms with van der Waals surface area (Å²) in [6.45, 7) is 1.69. The maximum Gasteiger partial charge on any atom is 0.335 e. The lowest BCUT2D eigenvalue weighted by Crippen LogP contribution is -2.25. The fourth-order valence-corrected chi connectivity index (χ4v) is 1.88. The number of aliphatic carboxylic acids is 1. The van der Waals surface area contributed by atoms with Crippen LogP contribution in [0.15, 0.2) is 35.1 Å². The second-order valence-corrected chi connectivity index (χ2v) is 4.63. The first-order valence-corrected chi connectivity index (χ1v) is 7.17. The number of allylic oxidation sites excluding steroid dienone is 2. The molecule has 0 saturated heterocycles. The molecule has 9 nitrogen and oxygen atoms in total. The highest BCUT2D eigenvalue weighted by Gasteiger charge is 2.18. The van der Waals surface area contributed by atoms with Gasteiger partial charge in [-0.1, -0.05) is 12.2 Å². The van der Waals surface area contributed by atoms with Gasteiger partial charge in [-0.05, 0) is 13.0 Å². The molecule has 1 aromatic rings. The number of aliphatic hydroxyl groups is 1. The first-order chi connectivity index (χ1) is 11.4. The lowest BCUT2D eigenvalue weighted by molar-refractivity contribution is -0.132. The van der Waals surface area contributed by atoms with Gasteiger partial charge in [0.1, 0.15) is 0 Å². The molecule has 0 fully saturated rings. The summed E-state index contributed by atoms with van der Waals surface area (Å²) in [4.78, 5) is 30.7. The van der Waals surface area contributed by atoms with Crippen molar-refractivity contribution in [2.45, 2.75) is 19.7 Å². The van der Waals surface area contributed by atoms with Crippen molar-refractivity contribution in [3.63, 3.8) is 0 Å². The number of imidazole rings is 1. The average molecular weight is 335 g/mol. The predicted molar refractivity (Wildman–Crippen MR) is 90.2 cm³/mol. The number of aliphatic imine (C=N–C) groups is 1. The number of carboxylic acid groups (broad SMARTS) is 1. The molecular weight excluding hydrogens is 314 g/mol. The van der Waals surface area contributed by atoms with E-state index in [1.54, 1.807) is 20.0 Å². The van der Waals surface area contributed by atoms with Gasteiger partial charge in [-0.3, -0.25) is 9.79 Å². The van der Waals surface area contributed by atoms with Gasteiger partial charge in [0.25, 0.3) is 5.91 Å². The smallest absolute Gasteiger partial charge is 0.335 e. The largest absolute Gasteiger partial charge is 0.478 e. The minimum Gasteiger partial charge on any atom is -0.478 e. The molecule has 0 aliphatic rings. The van der Waals surface area contributed by atoms with E-state index in [0.29, 0.717) is 5.82 Å². The first-order valence-electron chi connectivity index (χ1n) is 7.17. The summed E-state index contributed by atoms with van der Waals surface area (Å²) in [7, 11) is 3.13. The van der Waals surface area contributed by atoms with Gasteiger partial charge in [-0.25, -0.2) is 9.78 Å². The number of carbonyl (C=O) groups is 2. The van der Waals surface area contributed by atoms with E-state index in [4.69, 9.17) is 5.11 Å². The summed E-state index contributed by atoms with van der Waals surface area (Å²) in [6, 6.07) is 0. The summed E-state index contributed by atoms with van der Waals surface area (Å²) in [6.07, 6.45) is 5.74. The number of nitrogens with one attached hydrogen (secondary N) is 2. The minimum absolute atomic E-state index is 0.00616. The molecule has 1 atom stereocenters. The Hall–Kier alpha value is -2.94. The van der Waals surface area contributed by atoms with Gasteiger partial charge in [0.15, 0.2) is 17.7 Å². The van der Waals surface area contributed by atoms with Crippen LogP contribution in [0.4, 0.5) is 5.82 Å². The van der Waals surface area contributed by atoms with Crippen molar-refractivity contribution in [1.29, 1.82) is 0 Å². The Bertz CT molecular complexity index is 675. The van der Waals surface area contributed by atoms with Crippen molar-refractivity contribution in [2.75, 3.05) is 19.4 Å². The molecule has 4 N–H and O–H groups in total. The Kier molecular flexibility index (Phi) is 7.37. The van der Waals surface area contributed by atoms with Gasteiger partial charge in [0.05, 0.1) is 18.4 Å². The maximum atomic E-state index is 11.9. The van der Waals surface area contributed by atoms with E-state index in [9.17, 15) is 14.7 Å². The molecule has 0 bridgehead atoms. The van der Waals surface area contributed by atoms with Gasteiger partial charge < -0.3 is 25.4 Å². The number of carbonyl (C=O) groups excluding carboxylic acids is 1. The fraction of sp³-hybridized carbons (Fsp3) is 0.333. The van der Waals surface area contributed by atoms with Crippen LogP contribution in [0.25, 0.3) is 0 Å². The molecule has 1 rings (SSSR count). The van der Waals surface area contributed by atoms with Crippen molar-refractivity contribution >= 4 is 23.9 Å². The van der Waals surface area contributed by atoms with Gasteiger partial charge in [-0.15, -0.1) is 0 Å². The second kappa shape index (κ2) is 9.26. The summed E-state index contributed by atoms with van der Waals surface area (Å²) in [5.74, 6) is -1.06. The fourth-order valence-electron chi connectivity index (χ4n) is 1.88. The Balaban J connectivity index is 2.89. The molecule has 1 amide bonds. The molecule has 0 saturated carbocycles. The van der Waals surface area contributed by atoms with E-state index in [-0.39, 0.29) is 23.7 Å². The third kappa shape index (κ3) is 5.06. The van der Waals surface area contributed by atoms with Crippen LogP contribution in [-0.2, 0) is 11.3 Å². The van der Waals surface area contributed by atoms with E-state index in [1.807, 2.05) is 0 Å². The van der Waals surface area contributed by atoms with Crippen molar-refractivity contribution in [3.8, 4) is 0 Å². The van der Waals surface area contributed by atoms with Crippen LogP contribution in [0.5, 0.6) is 0 Å². The molecule has 0 aliphatic heterocycles. The van der Waals surface area contributed by atoms with E-state index in [1.165, 1.54) is 36.3 Å². The molecule has 0 spiro atoms. The Labute approximate surface area is 139 Å². The van der Waals surface area contributed by atoms with Crippen molar-refractivity contribution in [3.05, 3.63) is 35.8 Å². The average Bonchev–Trinajstić information content (AvgIpc) is 2.95. The number of aliphatic hydroxyl groups excluding tert-OH is 1. The predicted octanol–water partition coefficient (Wildman–Crippen LogP) is 0.261. The third-order valence-corrected chi connectivity index (χ3v) is 2.98. The number of nitrogens with zero attached hydrogens (tertiary/aromatic N) is 3. The van der Waals surface area contributed by atoms with E-state index in [2.05, 4.69) is 20.6 Å². The van der Waals surface area contributed by atoms with Crippen molar-refractivity contribution in [1.82, 2.24) is 14.9 Å². The number of carboxylic acids is 1. The molecular formula is C15H21N5O4. The highest BCUT2D eigenvalue weighted by molar-refractivity contribution is 5.97. The lowest BCUT2D eigenvalue weighted by Gasteiger charge is -2.10. The molecule has 0 aromatic carbocycles. The van der Waals surface area contributed by atoms with Crippen LogP contribution in [0, 0.1) is 0 Å². The minimum atomic E-state index is -1.16. The molecule has 1 unspecified atom stereocenters. The summed E-state index contributed by atoms with van der Waals surface area (Å²) in [5, 5.41) is 24.2. The highest BCUT2D eigenvalue weighted by Crippen LogP contribution is 2.13. The summed E-state index contributed by atoms with van der Waals surface area (Å²) >= 11 is 0. The zero-order chi connectivity index (χ0) is 18.1. The van der Waals surface area contributed by atoms with E-state index in [0.717, 1.165) is 0 Å². The molecule has 130 valence electrons. The van der Waals surface area contributed by atoms with Crippen LogP contribution in [0.1, 0.15) is 17.4 Å². The molecule has 1 heterocycles. The van der Waals surface area contributed by atoms with Crippen LogP contribution >= 0.6 is 0 Å². The van der Waals surface area contributed by atoms with Crippen molar-refractivity contribution < 1.29 is 19.8 Å². The zero-order valence-electron chi connectivity index (χ0n) is 13.7. The number of amides is 1. The molecule has 0 aliphatic carbocycles. The normalized spacial score (nSPS) is 13.4. The van der Waals surface area contributed by atoms with Crippen molar-refractivity contribution in [2.24, 2.45) is 4.99 Å². The lowest BCUT2D eigenvalue weighted by atomic mass is 10.2.